The van der Waals surface area contributed by atoms with E-state index in [0.717, 1.165) is 17.1 Å². The number of dihydropyridines is 1. The summed E-state index contributed by atoms with van der Waals surface area (Å²) in [6.07, 6.45) is 12.0. The third-order valence-electron chi connectivity index (χ3n) is 5.91. The molecule has 184 valence electrons. The monoisotopic (exact) mass is 505 g/mol. The van der Waals surface area contributed by atoms with Gasteiger partial charge in [0.05, 0.1) is 56.9 Å². The first kappa shape index (κ1) is 23.5. The highest BCUT2D eigenvalue weighted by Crippen LogP contribution is 2.26. The van der Waals surface area contributed by atoms with Crippen molar-refractivity contribution in [3.8, 4) is 40.2 Å². The molecule has 0 amide bonds. The van der Waals surface area contributed by atoms with Crippen LogP contribution in [0.2, 0.25) is 0 Å². The van der Waals surface area contributed by atoms with Gasteiger partial charge in [0.2, 0.25) is 0 Å². The van der Waals surface area contributed by atoms with Gasteiger partial charge in [0.25, 0.3) is 0 Å². The predicted molar refractivity (Wildman–Crippen MR) is 147 cm³/mol. The molecule has 9 heteroatoms. The maximum absolute atomic E-state index is 10.1. The second kappa shape index (κ2) is 10.6. The van der Waals surface area contributed by atoms with Crippen LogP contribution < -0.4 is 5.32 Å². The van der Waals surface area contributed by atoms with Crippen molar-refractivity contribution in [2.45, 2.75) is 0 Å². The Labute approximate surface area is 224 Å². The maximum Gasteiger partial charge on any atom is 0.116 e. The van der Waals surface area contributed by atoms with E-state index in [4.69, 9.17) is 4.98 Å². The first-order valence-electron chi connectivity index (χ1n) is 12.0. The maximum atomic E-state index is 10.1. The summed E-state index contributed by atoms with van der Waals surface area (Å²) in [6, 6.07) is 22.8. The van der Waals surface area contributed by atoms with Crippen molar-refractivity contribution in [1.29, 1.82) is 5.26 Å². The average molecular weight is 506 g/mol. The molecular weight excluding hydrogens is 486 g/mol. The molecule has 0 unspecified atom stereocenters. The van der Waals surface area contributed by atoms with Gasteiger partial charge >= 0.3 is 0 Å². The zero-order valence-corrected chi connectivity index (χ0v) is 20.5. The summed E-state index contributed by atoms with van der Waals surface area (Å²) >= 11 is 0. The number of rotatable bonds is 5. The van der Waals surface area contributed by atoms with Gasteiger partial charge in [-0.25, -0.2) is 24.9 Å². The molecule has 0 aromatic carbocycles. The van der Waals surface area contributed by atoms with Crippen LogP contribution in [0.5, 0.6) is 0 Å². The van der Waals surface area contributed by atoms with Crippen LogP contribution in [0.4, 0.5) is 0 Å². The Balaban J connectivity index is 1.31. The fourth-order valence-corrected chi connectivity index (χ4v) is 4.05. The average Bonchev–Trinajstić information content (AvgIpc) is 3.03. The lowest BCUT2D eigenvalue weighted by atomic mass is 10.1. The van der Waals surface area contributed by atoms with Gasteiger partial charge in [-0.1, -0.05) is 24.3 Å². The summed E-state index contributed by atoms with van der Waals surface area (Å²) in [4.78, 5) is 31.0. The van der Waals surface area contributed by atoms with Gasteiger partial charge in [-0.3, -0.25) is 9.97 Å². The fourth-order valence-electron chi connectivity index (χ4n) is 4.05. The molecule has 1 aliphatic rings. The van der Waals surface area contributed by atoms with Gasteiger partial charge < -0.3 is 5.32 Å². The molecule has 0 aliphatic carbocycles. The van der Waals surface area contributed by atoms with Crippen molar-refractivity contribution in [3.05, 3.63) is 127 Å². The van der Waals surface area contributed by atoms with E-state index in [-0.39, 0.29) is 0 Å². The van der Waals surface area contributed by atoms with Crippen molar-refractivity contribution >= 4 is 11.3 Å². The minimum absolute atomic E-state index is 0.386. The second-order valence-corrected chi connectivity index (χ2v) is 8.38. The predicted octanol–water partition coefficient (Wildman–Crippen LogP) is 4.89. The first-order valence-corrected chi connectivity index (χ1v) is 12.0. The summed E-state index contributed by atoms with van der Waals surface area (Å²) in [5.74, 6) is 0. The highest BCUT2D eigenvalue weighted by atomic mass is 15.0. The van der Waals surface area contributed by atoms with Crippen LogP contribution in [0.15, 0.2) is 116 Å². The third-order valence-corrected chi connectivity index (χ3v) is 5.91. The molecule has 0 saturated carbocycles. The van der Waals surface area contributed by atoms with Crippen molar-refractivity contribution in [1.82, 2.24) is 40.2 Å². The van der Waals surface area contributed by atoms with Crippen molar-refractivity contribution in [2.75, 3.05) is 0 Å². The zero-order valence-electron chi connectivity index (χ0n) is 20.5. The van der Waals surface area contributed by atoms with E-state index in [9.17, 15) is 5.26 Å². The van der Waals surface area contributed by atoms with E-state index in [1.54, 1.807) is 18.5 Å². The normalized spacial score (nSPS) is 13.7. The number of nitriles is 1. The molecule has 0 saturated heterocycles. The van der Waals surface area contributed by atoms with Crippen LogP contribution >= 0.6 is 0 Å². The van der Waals surface area contributed by atoms with Gasteiger partial charge in [-0.15, -0.1) is 0 Å². The van der Waals surface area contributed by atoms with Crippen LogP contribution in [0.3, 0.4) is 0 Å². The Morgan fingerprint density at radius 2 is 1.26 bits per heavy atom. The van der Waals surface area contributed by atoms with Crippen molar-refractivity contribution in [3.63, 3.8) is 0 Å². The van der Waals surface area contributed by atoms with Crippen LogP contribution in [-0.2, 0) is 0 Å². The smallest absolute Gasteiger partial charge is 0.116 e. The SMILES string of the molecule is N#C/C(=C1\C=CC=C(c2cc(-c3ccccn3)ncn2)N1)c1cccc(-c2cc(-c3ccccn3)ncn2)n1. The van der Waals surface area contributed by atoms with Crippen molar-refractivity contribution < 1.29 is 0 Å². The number of allylic oxidation sites excluding steroid dienone is 4. The number of pyridine rings is 3. The van der Waals surface area contributed by atoms with Gasteiger partial charge in [-0.05, 0) is 60.7 Å². The molecule has 0 spiro atoms. The molecule has 6 heterocycles. The molecule has 0 fully saturated rings. The Bertz CT molecular complexity index is 1790. The van der Waals surface area contributed by atoms with E-state index >= 15 is 0 Å². The van der Waals surface area contributed by atoms with Crippen LogP contribution in [0.1, 0.15) is 11.4 Å². The topological polar surface area (TPSA) is 126 Å². The fraction of sp³-hybridized carbons (Fsp3) is 0. The standard InChI is InChI=1S/C30H19N9/c31-17-20(21-9-5-11-25(38-21)29-15-27(34-18-36-29)23-7-1-3-13-32-23)22-10-6-12-26(39-22)30-16-28(35-19-37-30)24-8-2-4-14-33-24/h1-16,18-19,38H/b21-20-. The highest BCUT2D eigenvalue weighted by molar-refractivity contribution is 5.83. The van der Waals surface area contributed by atoms with E-state index < -0.39 is 0 Å². The van der Waals surface area contributed by atoms with E-state index in [1.807, 2.05) is 78.9 Å². The lowest BCUT2D eigenvalue weighted by molar-refractivity contribution is 1.06. The Morgan fingerprint density at radius 3 is 1.90 bits per heavy atom. The summed E-state index contributed by atoms with van der Waals surface area (Å²) < 4.78 is 0. The molecule has 39 heavy (non-hydrogen) atoms. The molecule has 9 nitrogen and oxygen atoms in total. The lowest BCUT2D eigenvalue weighted by Crippen LogP contribution is -2.16. The van der Waals surface area contributed by atoms with Crippen molar-refractivity contribution in [2.24, 2.45) is 0 Å². The van der Waals surface area contributed by atoms with Gasteiger partial charge in [0.1, 0.15) is 24.3 Å². The van der Waals surface area contributed by atoms with Crippen LogP contribution in [-0.4, -0.2) is 34.9 Å². The van der Waals surface area contributed by atoms with E-state index in [1.165, 1.54) is 12.7 Å². The number of hydrogen-bond acceptors (Lipinski definition) is 9. The number of nitrogens with zero attached hydrogens (tertiary/aromatic N) is 8. The minimum atomic E-state index is 0.386. The van der Waals surface area contributed by atoms with Gasteiger partial charge in [-0.2, -0.15) is 5.26 Å². The molecule has 0 radical (unpaired) electrons. The summed E-state index contributed by atoms with van der Waals surface area (Å²) in [5, 5.41) is 13.5. The molecule has 1 N–H and O–H groups in total. The summed E-state index contributed by atoms with van der Waals surface area (Å²) in [5.41, 5.74) is 7.03. The highest BCUT2D eigenvalue weighted by Gasteiger charge is 2.16. The van der Waals surface area contributed by atoms with E-state index in [2.05, 4.69) is 41.3 Å². The largest absolute Gasteiger partial charge is 0.353 e. The van der Waals surface area contributed by atoms with Gasteiger partial charge in [0, 0.05) is 12.4 Å². The summed E-state index contributed by atoms with van der Waals surface area (Å²) in [6.45, 7) is 0. The molecule has 0 atom stereocenters. The third kappa shape index (κ3) is 5.03. The molecule has 5 aromatic rings. The Kier molecular flexibility index (Phi) is 6.40. The molecular formula is C30H19N9. The van der Waals surface area contributed by atoms with Crippen LogP contribution in [0, 0.1) is 11.3 Å². The first-order chi connectivity index (χ1) is 19.3. The number of nitrogens with one attached hydrogen (secondary N) is 1. The Hall–Kier alpha value is -5.88. The molecule has 0 bridgehead atoms. The lowest BCUT2D eigenvalue weighted by Gasteiger charge is -2.16. The zero-order chi connectivity index (χ0) is 26.4. The number of hydrogen-bond donors (Lipinski definition) is 1. The van der Waals surface area contributed by atoms with Gasteiger partial charge in [0.15, 0.2) is 0 Å². The second-order valence-electron chi connectivity index (χ2n) is 8.38. The Morgan fingerprint density at radius 1 is 0.641 bits per heavy atom. The molecule has 1 aliphatic heterocycles. The quantitative estimate of drug-likeness (QED) is 0.332. The summed E-state index contributed by atoms with van der Waals surface area (Å²) in [7, 11) is 0. The molecule has 5 aromatic heterocycles. The minimum Gasteiger partial charge on any atom is -0.353 e. The number of aromatic nitrogens is 7. The molecule has 6 rings (SSSR count). The van der Waals surface area contributed by atoms with Crippen LogP contribution in [0.25, 0.3) is 45.4 Å². The van der Waals surface area contributed by atoms with E-state index in [0.29, 0.717) is 45.4 Å².